The molecule has 0 spiro atoms. The minimum absolute atomic E-state index is 0.0109. The fourth-order valence-corrected chi connectivity index (χ4v) is 3.45. The average molecular weight is 382 g/mol. The van der Waals surface area contributed by atoms with Crippen LogP contribution in [0.2, 0.25) is 0 Å². The first-order valence-electron chi connectivity index (χ1n) is 9.29. The van der Waals surface area contributed by atoms with Gasteiger partial charge in [-0.3, -0.25) is 19.3 Å². The monoisotopic (exact) mass is 382 g/mol. The minimum atomic E-state index is -0.783. The van der Waals surface area contributed by atoms with Crippen molar-refractivity contribution in [2.75, 3.05) is 11.9 Å². The number of benzene rings is 2. The Balaban J connectivity index is 1.86. The number of rotatable bonds is 5. The topological polar surface area (TPSA) is 66.5 Å². The second-order valence-corrected chi connectivity index (χ2v) is 7.53. The predicted molar refractivity (Wildman–Crippen MR) is 105 cm³/mol. The van der Waals surface area contributed by atoms with Crippen LogP contribution in [-0.2, 0) is 4.79 Å². The second kappa shape index (κ2) is 7.54. The highest BCUT2D eigenvalue weighted by Crippen LogP contribution is 2.32. The van der Waals surface area contributed by atoms with E-state index >= 15 is 0 Å². The van der Waals surface area contributed by atoms with Crippen LogP contribution in [0.5, 0.6) is 0 Å². The van der Waals surface area contributed by atoms with E-state index in [9.17, 15) is 18.8 Å². The summed E-state index contributed by atoms with van der Waals surface area (Å²) in [5.41, 5.74) is 2.38. The van der Waals surface area contributed by atoms with E-state index in [2.05, 4.69) is 5.32 Å². The number of hydrogen-bond acceptors (Lipinski definition) is 3. The summed E-state index contributed by atoms with van der Waals surface area (Å²) in [5.74, 6) is -2.33. The van der Waals surface area contributed by atoms with Crippen LogP contribution in [-0.4, -0.2) is 29.2 Å². The first-order valence-corrected chi connectivity index (χ1v) is 9.29. The highest BCUT2D eigenvalue weighted by atomic mass is 19.1. The SMILES string of the molecule is CC(C)c1cccc(C(C)C)c1NC(=O)CN1C(=O)c2cccc(F)c2C1=O. The zero-order valence-electron chi connectivity index (χ0n) is 16.4. The van der Waals surface area contributed by atoms with Crippen LogP contribution in [0.3, 0.4) is 0 Å². The van der Waals surface area contributed by atoms with Crippen molar-refractivity contribution >= 4 is 23.4 Å². The number of halogens is 1. The number of anilines is 1. The standard InChI is InChI=1S/C22H23FN2O3/c1-12(2)14-7-5-8-15(13(3)4)20(14)24-18(26)11-25-21(27)16-9-6-10-17(23)19(16)22(25)28/h5-10,12-13H,11H2,1-4H3,(H,24,26). The normalized spacial score (nSPS) is 13.5. The summed E-state index contributed by atoms with van der Waals surface area (Å²) in [6.07, 6.45) is 0. The maximum absolute atomic E-state index is 14.0. The third kappa shape index (κ3) is 3.42. The van der Waals surface area contributed by atoms with Crippen molar-refractivity contribution in [1.82, 2.24) is 4.90 Å². The van der Waals surface area contributed by atoms with Crippen molar-refractivity contribution < 1.29 is 18.8 Å². The molecule has 6 heteroatoms. The van der Waals surface area contributed by atoms with E-state index < -0.39 is 30.1 Å². The number of nitrogens with one attached hydrogen (secondary N) is 1. The molecule has 0 unspecified atom stereocenters. The largest absolute Gasteiger partial charge is 0.324 e. The summed E-state index contributed by atoms with van der Waals surface area (Å²) in [5, 5.41) is 2.87. The zero-order chi connectivity index (χ0) is 20.6. The van der Waals surface area contributed by atoms with Gasteiger partial charge in [-0.15, -0.1) is 0 Å². The van der Waals surface area contributed by atoms with Gasteiger partial charge in [-0.2, -0.15) is 0 Å². The third-order valence-corrected chi connectivity index (χ3v) is 4.89. The van der Waals surface area contributed by atoms with E-state index in [1.165, 1.54) is 12.1 Å². The molecule has 3 amide bonds. The lowest BCUT2D eigenvalue weighted by atomic mass is 9.92. The van der Waals surface area contributed by atoms with E-state index in [1.807, 2.05) is 45.9 Å². The molecule has 1 aliphatic rings. The smallest absolute Gasteiger partial charge is 0.265 e. The Hall–Kier alpha value is -3.02. The molecule has 0 saturated carbocycles. The molecule has 0 aliphatic carbocycles. The van der Waals surface area contributed by atoms with Crippen LogP contribution in [0, 0.1) is 5.82 Å². The molecule has 0 fully saturated rings. The number of nitrogens with zero attached hydrogens (tertiary/aromatic N) is 1. The Morgan fingerprint density at radius 3 is 2.07 bits per heavy atom. The molecule has 0 atom stereocenters. The molecular weight excluding hydrogens is 359 g/mol. The molecule has 1 N–H and O–H groups in total. The molecular formula is C22H23FN2O3. The van der Waals surface area contributed by atoms with Gasteiger partial charge in [-0.1, -0.05) is 52.0 Å². The minimum Gasteiger partial charge on any atom is -0.324 e. The van der Waals surface area contributed by atoms with Crippen LogP contribution in [0.1, 0.15) is 71.4 Å². The molecule has 0 saturated heterocycles. The van der Waals surface area contributed by atoms with Gasteiger partial charge in [0, 0.05) is 5.69 Å². The molecule has 2 aromatic carbocycles. The first kappa shape index (κ1) is 19.7. The number of fused-ring (bicyclic) bond motifs is 1. The number of para-hydroxylation sites is 1. The van der Waals surface area contributed by atoms with E-state index in [-0.39, 0.29) is 23.0 Å². The van der Waals surface area contributed by atoms with Crippen LogP contribution in [0.4, 0.5) is 10.1 Å². The van der Waals surface area contributed by atoms with Gasteiger partial charge in [0.2, 0.25) is 5.91 Å². The third-order valence-electron chi connectivity index (χ3n) is 4.89. The van der Waals surface area contributed by atoms with E-state index in [0.29, 0.717) is 5.69 Å². The Bertz CT molecular complexity index is 940. The van der Waals surface area contributed by atoms with Crippen molar-refractivity contribution in [1.29, 1.82) is 0 Å². The summed E-state index contributed by atoms with van der Waals surface area (Å²) in [7, 11) is 0. The fraction of sp³-hybridized carbons (Fsp3) is 0.318. The molecule has 0 aromatic heterocycles. The van der Waals surface area contributed by atoms with Crippen LogP contribution in [0.25, 0.3) is 0 Å². The lowest BCUT2D eigenvalue weighted by molar-refractivity contribution is -0.116. The lowest BCUT2D eigenvalue weighted by Crippen LogP contribution is -2.37. The Labute approximate surface area is 163 Å². The molecule has 5 nitrogen and oxygen atoms in total. The molecule has 1 aliphatic heterocycles. The number of imide groups is 1. The van der Waals surface area contributed by atoms with Gasteiger partial charge >= 0.3 is 0 Å². The molecule has 0 radical (unpaired) electrons. The quantitative estimate of drug-likeness (QED) is 0.784. The van der Waals surface area contributed by atoms with Crippen molar-refractivity contribution in [2.24, 2.45) is 0 Å². The van der Waals surface area contributed by atoms with Crippen LogP contribution < -0.4 is 5.32 Å². The predicted octanol–water partition coefficient (Wildman–Crippen LogP) is 4.31. The van der Waals surface area contributed by atoms with E-state index in [4.69, 9.17) is 0 Å². The Kier molecular flexibility index (Phi) is 5.31. The summed E-state index contributed by atoms with van der Waals surface area (Å²) in [6, 6.07) is 9.74. The summed E-state index contributed by atoms with van der Waals surface area (Å²) >= 11 is 0. The molecule has 146 valence electrons. The van der Waals surface area contributed by atoms with Gasteiger partial charge in [-0.05, 0) is 35.1 Å². The van der Waals surface area contributed by atoms with Gasteiger partial charge < -0.3 is 5.32 Å². The number of amides is 3. The van der Waals surface area contributed by atoms with Gasteiger partial charge in [0.05, 0.1) is 11.1 Å². The Morgan fingerprint density at radius 1 is 0.964 bits per heavy atom. The van der Waals surface area contributed by atoms with Gasteiger partial charge in [-0.25, -0.2) is 4.39 Å². The van der Waals surface area contributed by atoms with Gasteiger partial charge in [0.15, 0.2) is 0 Å². The summed E-state index contributed by atoms with van der Waals surface area (Å²) in [6.45, 7) is 7.66. The highest BCUT2D eigenvalue weighted by molar-refractivity contribution is 6.22. The fourth-order valence-electron chi connectivity index (χ4n) is 3.45. The molecule has 28 heavy (non-hydrogen) atoms. The maximum atomic E-state index is 14.0. The zero-order valence-corrected chi connectivity index (χ0v) is 16.4. The first-order chi connectivity index (χ1) is 13.2. The maximum Gasteiger partial charge on any atom is 0.265 e. The van der Waals surface area contributed by atoms with E-state index in [1.54, 1.807) is 0 Å². The van der Waals surface area contributed by atoms with Crippen molar-refractivity contribution in [3.05, 3.63) is 64.5 Å². The molecule has 2 aromatic rings. The molecule has 3 rings (SSSR count). The summed E-state index contributed by atoms with van der Waals surface area (Å²) in [4.78, 5) is 38.4. The van der Waals surface area contributed by atoms with Crippen molar-refractivity contribution in [2.45, 2.75) is 39.5 Å². The molecule has 0 bridgehead atoms. The number of carbonyl (C=O) groups is 3. The number of carbonyl (C=O) groups excluding carboxylic acids is 3. The summed E-state index contributed by atoms with van der Waals surface area (Å²) < 4.78 is 14.0. The van der Waals surface area contributed by atoms with Gasteiger partial charge in [0.1, 0.15) is 12.4 Å². The highest BCUT2D eigenvalue weighted by Gasteiger charge is 2.38. The second-order valence-electron chi connectivity index (χ2n) is 7.53. The lowest BCUT2D eigenvalue weighted by Gasteiger charge is -2.21. The molecule has 1 heterocycles. The van der Waals surface area contributed by atoms with Crippen LogP contribution in [0.15, 0.2) is 36.4 Å². The van der Waals surface area contributed by atoms with Crippen LogP contribution >= 0.6 is 0 Å². The van der Waals surface area contributed by atoms with E-state index in [0.717, 1.165) is 22.1 Å². The van der Waals surface area contributed by atoms with Crippen molar-refractivity contribution in [3.8, 4) is 0 Å². The number of hydrogen-bond donors (Lipinski definition) is 1. The van der Waals surface area contributed by atoms with Gasteiger partial charge in [0.25, 0.3) is 11.8 Å². The Morgan fingerprint density at radius 2 is 1.54 bits per heavy atom. The van der Waals surface area contributed by atoms with Crippen molar-refractivity contribution in [3.63, 3.8) is 0 Å². The average Bonchev–Trinajstić information content (AvgIpc) is 2.87.